The van der Waals surface area contributed by atoms with Gasteiger partial charge in [0, 0.05) is 7.05 Å². The summed E-state index contributed by atoms with van der Waals surface area (Å²) in [5.41, 5.74) is 7.66. The Morgan fingerprint density at radius 3 is 2.57 bits per heavy atom. The van der Waals surface area contributed by atoms with Crippen LogP contribution in [-0.2, 0) is 13.6 Å². The zero-order valence-corrected chi connectivity index (χ0v) is 11.8. The quantitative estimate of drug-likeness (QED) is 0.710. The highest BCUT2D eigenvalue weighted by Crippen LogP contribution is 2.15. The van der Waals surface area contributed by atoms with Crippen LogP contribution in [0.2, 0.25) is 0 Å². The van der Waals surface area contributed by atoms with Crippen molar-refractivity contribution in [2.75, 3.05) is 5.73 Å². The Morgan fingerprint density at radius 2 is 1.90 bits per heavy atom. The number of aromatic nitrogens is 4. The molecule has 1 aromatic carbocycles. The number of imidazole rings is 1. The molecule has 0 saturated heterocycles. The van der Waals surface area contributed by atoms with Crippen molar-refractivity contribution < 1.29 is 0 Å². The fourth-order valence-electron chi connectivity index (χ4n) is 2.29. The summed E-state index contributed by atoms with van der Waals surface area (Å²) >= 11 is 0. The molecule has 0 aliphatic rings. The number of hydrogen-bond donors (Lipinski definition) is 2. The van der Waals surface area contributed by atoms with Gasteiger partial charge in [0.05, 0.1) is 6.54 Å². The Kier molecular flexibility index (Phi) is 2.90. The van der Waals surface area contributed by atoms with Gasteiger partial charge in [0.25, 0.3) is 5.56 Å². The van der Waals surface area contributed by atoms with Crippen LogP contribution in [0, 0.1) is 6.92 Å². The zero-order valence-electron chi connectivity index (χ0n) is 11.8. The van der Waals surface area contributed by atoms with Crippen molar-refractivity contribution in [3.8, 4) is 0 Å². The SMILES string of the molecule is Cc1ccc(Cn2c(N)nc3c2c(=O)[nH]c(=O)n3C)cc1. The zero-order chi connectivity index (χ0) is 15.1. The van der Waals surface area contributed by atoms with E-state index >= 15 is 0 Å². The average Bonchev–Trinajstić information content (AvgIpc) is 2.77. The first-order chi connectivity index (χ1) is 9.97. The molecular formula is C14H15N5O2. The van der Waals surface area contributed by atoms with Gasteiger partial charge in [0.2, 0.25) is 5.95 Å². The second kappa shape index (κ2) is 4.62. The predicted octanol–water partition coefficient (Wildman–Crippen LogP) is 0.362. The fourth-order valence-corrected chi connectivity index (χ4v) is 2.29. The Labute approximate surface area is 119 Å². The molecule has 21 heavy (non-hydrogen) atoms. The molecule has 0 amide bonds. The first kappa shape index (κ1) is 13.2. The van der Waals surface area contributed by atoms with Gasteiger partial charge in [-0.1, -0.05) is 29.8 Å². The lowest BCUT2D eigenvalue weighted by molar-refractivity contribution is 0.812. The van der Waals surface area contributed by atoms with Gasteiger partial charge in [-0.15, -0.1) is 0 Å². The number of rotatable bonds is 2. The predicted molar refractivity (Wildman–Crippen MR) is 80.3 cm³/mol. The number of nitrogen functional groups attached to an aromatic ring is 1. The second-order valence-electron chi connectivity index (χ2n) is 5.03. The Balaban J connectivity index is 2.21. The monoisotopic (exact) mass is 285 g/mol. The van der Waals surface area contributed by atoms with Gasteiger partial charge in [-0.25, -0.2) is 4.79 Å². The van der Waals surface area contributed by atoms with E-state index in [0.29, 0.717) is 12.1 Å². The molecule has 0 aliphatic carbocycles. The number of aromatic amines is 1. The van der Waals surface area contributed by atoms with Crippen LogP contribution >= 0.6 is 0 Å². The first-order valence-corrected chi connectivity index (χ1v) is 6.48. The number of aryl methyl sites for hydroxylation is 2. The number of nitrogens with zero attached hydrogens (tertiary/aromatic N) is 3. The Morgan fingerprint density at radius 1 is 1.24 bits per heavy atom. The summed E-state index contributed by atoms with van der Waals surface area (Å²) in [4.78, 5) is 30.0. The minimum atomic E-state index is -0.507. The van der Waals surface area contributed by atoms with Crippen LogP contribution in [0.1, 0.15) is 11.1 Å². The van der Waals surface area contributed by atoms with Gasteiger partial charge in [0.1, 0.15) is 0 Å². The maximum atomic E-state index is 12.0. The number of hydrogen-bond acceptors (Lipinski definition) is 4. The van der Waals surface area contributed by atoms with Gasteiger partial charge in [0.15, 0.2) is 11.2 Å². The van der Waals surface area contributed by atoms with Crippen molar-refractivity contribution >= 4 is 17.1 Å². The summed E-state index contributed by atoms with van der Waals surface area (Å²) in [6.45, 7) is 2.43. The molecule has 108 valence electrons. The van der Waals surface area contributed by atoms with Crippen molar-refractivity contribution in [3.05, 3.63) is 56.2 Å². The van der Waals surface area contributed by atoms with E-state index in [1.54, 1.807) is 11.6 Å². The standard InChI is InChI=1S/C14H15N5O2/c1-8-3-5-9(6-4-8)7-19-10-11(16-13(19)15)18(2)14(21)17-12(10)20/h3-6H,7H2,1-2H3,(H2,15,16)(H,17,20,21). The summed E-state index contributed by atoms with van der Waals surface area (Å²) in [6.07, 6.45) is 0. The third-order valence-corrected chi connectivity index (χ3v) is 3.50. The molecular weight excluding hydrogens is 270 g/mol. The molecule has 7 heteroatoms. The molecule has 0 fully saturated rings. The van der Waals surface area contributed by atoms with E-state index < -0.39 is 11.2 Å². The summed E-state index contributed by atoms with van der Waals surface area (Å²) < 4.78 is 2.89. The van der Waals surface area contributed by atoms with Crippen LogP contribution in [0.3, 0.4) is 0 Å². The van der Waals surface area contributed by atoms with Crippen molar-refractivity contribution in [1.29, 1.82) is 0 Å². The van der Waals surface area contributed by atoms with Crippen molar-refractivity contribution in [3.63, 3.8) is 0 Å². The number of fused-ring (bicyclic) bond motifs is 1. The maximum Gasteiger partial charge on any atom is 0.329 e. The fraction of sp³-hybridized carbons (Fsp3) is 0.214. The van der Waals surface area contributed by atoms with E-state index in [9.17, 15) is 9.59 Å². The van der Waals surface area contributed by atoms with E-state index in [0.717, 1.165) is 11.1 Å². The van der Waals surface area contributed by atoms with Crippen LogP contribution in [0.4, 0.5) is 5.95 Å². The molecule has 0 radical (unpaired) electrons. The lowest BCUT2D eigenvalue weighted by Crippen LogP contribution is -2.29. The number of anilines is 1. The molecule has 3 aromatic rings. The minimum Gasteiger partial charge on any atom is -0.369 e. The molecule has 0 saturated carbocycles. The number of H-pyrrole nitrogens is 1. The van der Waals surface area contributed by atoms with Gasteiger partial charge < -0.3 is 10.3 Å². The molecule has 2 aromatic heterocycles. The molecule has 3 rings (SSSR count). The van der Waals surface area contributed by atoms with E-state index in [1.165, 1.54) is 4.57 Å². The van der Waals surface area contributed by atoms with Crippen molar-refractivity contribution in [2.45, 2.75) is 13.5 Å². The van der Waals surface area contributed by atoms with Gasteiger partial charge in [-0.3, -0.25) is 14.3 Å². The average molecular weight is 285 g/mol. The molecule has 0 spiro atoms. The molecule has 3 N–H and O–H groups in total. The largest absolute Gasteiger partial charge is 0.369 e. The molecule has 7 nitrogen and oxygen atoms in total. The number of benzene rings is 1. The summed E-state index contributed by atoms with van der Waals surface area (Å²) in [6, 6.07) is 7.92. The first-order valence-electron chi connectivity index (χ1n) is 6.48. The smallest absolute Gasteiger partial charge is 0.329 e. The van der Waals surface area contributed by atoms with Crippen LogP contribution in [-0.4, -0.2) is 19.1 Å². The molecule has 0 unspecified atom stereocenters. The number of nitrogens with one attached hydrogen (secondary N) is 1. The van der Waals surface area contributed by atoms with Gasteiger partial charge in [-0.05, 0) is 12.5 Å². The van der Waals surface area contributed by atoms with Crippen molar-refractivity contribution in [2.24, 2.45) is 7.05 Å². The molecule has 0 atom stereocenters. The van der Waals surface area contributed by atoms with Crippen LogP contribution in [0.5, 0.6) is 0 Å². The van der Waals surface area contributed by atoms with Crippen LogP contribution in [0.15, 0.2) is 33.9 Å². The lowest BCUT2D eigenvalue weighted by atomic mass is 10.1. The molecule has 0 bridgehead atoms. The summed E-state index contributed by atoms with van der Waals surface area (Å²) in [5, 5.41) is 0. The summed E-state index contributed by atoms with van der Waals surface area (Å²) in [7, 11) is 1.54. The Bertz CT molecular complexity index is 931. The lowest BCUT2D eigenvalue weighted by Gasteiger charge is -2.06. The van der Waals surface area contributed by atoms with E-state index in [4.69, 9.17) is 5.73 Å². The summed E-state index contributed by atoms with van der Waals surface area (Å²) in [5.74, 6) is 0.206. The second-order valence-corrected chi connectivity index (χ2v) is 5.03. The maximum absolute atomic E-state index is 12.0. The third kappa shape index (κ3) is 2.12. The topological polar surface area (TPSA) is 98.7 Å². The highest BCUT2D eigenvalue weighted by molar-refractivity contribution is 5.73. The van der Waals surface area contributed by atoms with Crippen molar-refractivity contribution in [1.82, 2.24) is 19.1 Å². The highest BCUT2D eigenvalue weighted by atomic mass is 16.2. The highest BCUT2D eigenvalue weighted by Gasteiger charge is 2.15. The normalized spacial score (nSPS) is 11.1. The van der Waals surface area contributed by atoms with Gasteiger partial charge in [-0.2, -0.15) is 4.98 Å². The molecule has 2 heterocycles. The minimum absolute atomic E-state index is 0.206. The number of nitrogens with two attached hydrogens (primary N) is 1. The van der Waals surface area contributed by atoms with Crippen LogP contribution in [0.25, 0.3) is 11.2 Å². The van der Waals surface area contributed by atoms with E-state index in [2.05, 4.69) is 9.97 Å². The Hall–Kier alpha value is -2.83. The van der Waals surface area contributed by atoms with Gasteiger partial charge >= 0.3 is 5.69 Å². The molecule has 0 aliphatic heterocycles. The van der Waals surface area contributed by atoms with E-state index in [1.807, 2.05) is 31.2 Å². The van der Waals surface area contributed by atoms with E-state index in [-0.39, 0.29) is 11.6 Å². The van der Waals surface area contributed by atoms with Crippen LogP contribution < -0.4 is 17.0 Å². The third-order valence-electron chi connectivity index (χ3n) is 3.50.